The monoisotopic (exact) mass is 346 g/mol. The SMILES string of the molecule is O=C(c1cccc(OCc2ccccc2)c1)c1cc2cccc(F)c2o1. The molecule has 1 aromatic heterocycles. The summed E-state index contributed by atoms with van der Waals surface area (Å²) >= 11 is 0. The quantitative estimate of drug-likeness (QED) is 0.455. The Bertz CT molecular complexity index is 1070. The second kappa shape index (κ2) is 6.84. The number of benzene rings is 3. The van der Waals surface area contributed by atoms with Crippen molar-refractivity contribution in [1.82, 2.24) is 0 Å². The number of rotatable bonds is 5. The fourth-order valence-electron chi connectivity index (χ4n) is 2.75. The van der Waals surface area contributed by atoms with Crippen LogP contribution in [0.25, 0.3) is 11.0 Å². The van der Waals surface area contributed by atoms with Crippen LogP contribution < -0.4 is 4.74 Å². The molecular weight excluding hydrogens is 331 g/mol. The Kier molecular flexibility index (Phi) is 4.23. The van der Waals surface area contributed by atoms with Crippen LogP contribution in [0.15, 0.2) is 83.3 Å². The van der Waals surface area contributed by atoms with Crippen molar-refractivity contribution < 1.29 is 18.3 Å². The molecule has 4 heteroatoms. The molecule has 0 atom stereocenters. The summed E-state index contributed by atoms with van der Waals surface area (Å²) in [4.78, 5) is 12.7. The van der Waals surface area contributed by atoms with Gasteiger partial charge in [-0.05, 0) is 29.8 Å². The molecule has 4 rings (SSSR count). The number of carbonyl (C=O) groups is 1. The minimum atomic E-state index is -0.485. The second-order valence-electron chi connectivity index (χ2n) is 5.90. The smallest absolute Gasteiger partial charge is 0.228 e. The van der Waals surface area contributed by atoms with E-state index in [9.17, 15) is 9.18 Å². The Hall–Kier alpha value is -3.40. The van der Waals surface area contributed by atoms with Crippen LogP contribution in [-0.2, 0) is 6.61 Å². The lowest BCUT2D eigenvalue weighted by Gasteiger charge is -2.07. The highest BCUT2D eigenvalue weighted by molar-refractivity contribution is 6.09. The largest absolute Gasteiger partial charge is 0.489 e. The van der Waals surface area contributed by atoms with Gasteiger partial charge in [0.25, 0.3) is 0 Å². The summed E-state index contributed by atoms with van der Waals surface area (Å²) in [6, 6.07) is 22.8. The van der Waals surface area contributed by atoms with Crippen molar-refractivity contribution in [1.29, 1.82) is 0 Å². The van der Waals surface area contributed by atoms with E-state index in [-0.39, 0.29) is 17.1 Å². The van der Waals surface area contributed by atoms with E-state index in [0.29, 0.717) is 23.3 Å². The zero-order valence-corrected chi connectivity index (χ0v) is 13.8. The minimum absolute atomic E-state index is 0.0901. The van der Waals surface area contributed by atoms with Gasteiger partial charge in [0.15, 0.2) is 17.2 Å². The van der Waals surface area contributed by atoms with Crippen LogP contribution in [0.3, 0.4) is 0 Å². The molecule has 0 aliphatic carbocycles. The van der Waals surface area contributed by atoms with Gasteiger partial charge in [0.2, 0.25) is 5.78 Å². The van der Waals surface area contributed by atoms with E-state index < -0.39 is 5.82 Å². The predicted octanol–water partition coefficient (Wildman–Crippen LogP) is 5.38. The number of ether oxygens (including phenoxy) is 1. The molecule has 0 saturated carbocycles. The summed E-state index contributed by atoms with van der Waals surface area (Å²) in [6.07, 6.45) is 0. The topological polar surface area (TPSA) is 39.4 Å². The molecule has 0 fully saturated rings. The lowest BCUT2D eigenvalue weighted by Crippen LogP contribution is -2.01. The van der Waals surface area contributed by atoms with Crippen LogP contribution in [0, 0.1) is 5.82 Å². The highest BCUT2D eigenvalue weighted by Crippen LogP contribution is 2.25. The summed E-state index contributed by atoms with van der Waals surface area (Å²) in [5.41, 5.74) is 1.55. The third-order valence-electron chi connectivity index (χ3n) is 4.06. The standard InChI is InChI=1S/C22H15FO3/c23-19-11-5-9-17-13-20(26-22(17)19)21(24)16-8-4-10-18(12-16)25-14-15-6-2-1-3-7-15/h1-13H,14H2. The van der Waals surface area contributed by atoms with Crippen LogP contribution in [-0.4, -0.2) is 5.78 Å². The fraction of sp³-hybridized carbons (Fsp3) is 0.0455. The van der Waals surface area contributed by atoms with E-state index >= 15 is 0 Å². The number of ketones is 1. The number of hydrogen-bond donors (Lipinski definition) is 0. The van der Waals surface area contributed by atoms with E-state index in [1.807, 2.05) is 30.3 Å². The van der Waals surface area contributed by atoms with Crippen molar-refractivity contribution in [2.45, 2.75) is 6.61 Å². The first kappa shape index (κ1) is 16.1. The Labute approximate surface area is 149 Å². The maximum atomic E-state index is 13.8. The summed E-state index contributed by atoms with van der Waals surface area (Å²) in [7, 11) is 0. The first-order valence-corrected chi connectivity index (χ1v) is 8.20. The van der Waals surface area contributed by atoms with Crippen molar-refractivity contribution in [2.24, 2.45) is 0 Å². The number of hydrogen-bond acceptors (Lipinski definition) is 3. The van der Waals surface area contributed by atoms with E-state index in [0.717, 1.165) is 5.56 Å². The fourth-order valence-corrected chi connectivity index (χ4v) is 2.75. The normalized spacial score (nSPS) is 10.8. The number of para-hydroxylation sites is 1. The molecule has 1 heterocycles. The van der Waals surface area contributed by atoms with Gasteiger partial charge in [0, 0.05) is 10.9 Å². The molecular formula is C22H15FO3. The van der Waals surface area contributed by atoms with Crippen molar-refractivity contribution in [3.05, 3.63) is 102 Å². The molecule has 3 aromatic carbocycles. The van der Waals surface area contributed by atoms with Gasteiger partial charge in [-0.2, -0.15) is 0 Å². The van der Waals surface area contributed by atoms with Gasteiger partial charge in [-0.1, -0.05) is 54.6 Å². The van der Waals surface area contributed by atoms with Gasteiger partial charge in [-0.3, -0.25) is 4.79 Å². The van der Waals surface area contributed by atoms with Crippen molar-refractivity contribution in [2.75, 3.05) is 0 Å². The average molecular weight is 346 g/mol. The minimum Gasteiger partial charge on any atom is -0.489 e. The Morgan fingerprint density at radius 3 is 2.54 bits per heavy atom. The van der Waals surface area contributed by atoms with Gasteiger partial charge in [-0.25, -0.2) is 4.39 Å². The van der Waals surface area contributed by atoms with Gasteiger partial charge in [-0.15, -0.1) is 0 Å². The van der Waals surface area contributed by atoms with Crippen LogP contribution in [0.2, 0.25) is 0 Å². The molecule has 0 bridgehead atoms. The lowest BCUT2D eigenvalue weighted by molar-refractivity contribution is 0.101. The zero-order valence-electron chi connectivity index (χ0n) is 13.8. The molecule has 0 saturated heterocycles. The number of furan rings is 1. The number of halogens is 1. The molecule has 0 unspecified atom stereocenters. The Morgan fingerprint density at radius 1 is 0.923 bits per heavy atom. The predicted molar refractivity (Wildman–Crippen MR) is 96.8 cm³/mol. The molecule has 26 heavy (non-hydrogen) atoms. The van der Waals surface area contributed by atoms with Crippen LogP contribution in [0.4, 0.5) is 4.39 Å². The van der Waals surface area contributed by atoms with Gasteiger partial charge >= 0.3 is 0 Å². The summed E-state index contributed by atoms with van der Waals surface area (Å²) in [5.74, 6) is -0.112. The summed E-state index contributed by atoms with van der Waals surface area (Å²) < 4.78 is 24.9. The first-order valence-electron chi connectivity index (χ1n) is 8.20. The van der Waals surface area contributed by atoms with Crippen molar-refractivity contribution in [3.63, 3.8) is 0 Å². The maximum Gasteiger partial charge on any atom is 0.228 e. The molecule has 0 N–H and O–H groups in total. The summed E-state index contributed by atoms with van der Waals surface area (Å²) in [6.45, 7) is 0.411. The molecule has 0 aliphatic heterocycles. The van der Waals surface area contributed by atoms with Crippen molar-refractivity contribution in [3.8, 4) is 5.75 Å². The van der Waals surface area contributed by atoms with Crippen LogP contribution in [0.5, 0.6) is 5.75 Å². The molecule has 0 aliphatic rings. The molecule has 0 amide bonds. The molecule has 4 aromatic rings. The highest BCUT2D eigenvalue weighted by Gasteiger charge is 2.17. The maximum absolute atomic E-state index is 13.8. The van der Waals surface area contributed by atoms with Gasteiger partial charge in [0.1, 0.15) is 12.4 Å². The van der Waals surface area contributed by atoms with E-state index in [1.165, 1.54) is 6.07 Å². The van der Waals surface area contributed by atoms with Gasteiger partial charge in [0.05, 0.1) is 0 Å². The molecule has 0 radical (unpaired) electrons. The average Bonchev–Trinajstić information content (AvgIpc) is 3.13. The summed E-state index contributed by atoms with van der Waals surface area (Å²) in [5, 5.41) is 0.560. The third-order valence-corrected chi connectivity index (χ3v) is 4.06. The number of carbonyl (C=O) groups excluding carboxylic acids is 1. The Morgan fingerprint density at radius 2 is 1.73 bits per heavy atom. The Balaban J connectivity index is 1.57. The van der Waals surface area contributed by atoms with Crippen LogP contribution in [0.1, 0.15) is 21.7 Å². The lowest BCUT2D eigenvalue weighted by atomic mass is 10.1. The number of fused-ring (bicyclic) bond motifs is 1. The highest BCUT2D eigenvalue weighted by atomic mass is 19.1. The van der Waals surface area contributed by atoms with E-state index in [2.05, 4.69) is 0 Å². The third kappa shape index (κ3) is 3.22. The molecule has 0 spiro atoms. The van der Waals surface area contributed by atoms with Gasteiger partial charge < -0.3 is 9.15 Å². The van der Waals surface area contributed by atoms with E-state index in [4.69, 9.17) is 9.15 Å². The van der Waals surface area contributed by atoms with Crippen LogP contribution >= 0.6 is 0 Å². The molecule has 128 valence electrons. The van der Waals surface area contributed by atoms with E-state index in [1.54, 1.807) is 42.5 Å². The van der Waals surface area contributed by atoms with Crippen molar-refractivity contribution >= 4 is 16.8 Å². The first-order chi connectivity index (χ1) is 12.7. The second-order valence-corrected chi connectivity index (χ2v) is 5.90. The zero-order chi connectivity index (χ0) is 17.9. The molecule has 3 nitrogen and oxygen atoms in total.